The van der Waals surface area contributed by atoms with Gasteiger partial charge in [0.05, 0.1) is 12.6 Å². The van der Waals surface area contributed by atoms with Gasteiger partial charge in [0.2, 0.25) is 0 Å². The van der Waals surface area contributed by atoms with Gasteiger partial charge in [0, 0.05) is 17.1 Å². The number of benzene rings is 3. The molecule has 1 heterocycles. The van der Waals surface area contributed by atoms with E-state index in [0.29, 0.717) is 29.3 Å². The van der Waals surface area contributed by atoms with Crippen molar-refractivity contribution >= 4 is 23.7 Å². The van der Waals surface area contributed by atoms with Crippen molar-refractivity contribution in [2.75, 3.05) is 19.8 Å². The second-order valence-corrected chi connectivity index (χ2v) is 8.30. The molecule has 0 bridgehead atoms. The van der Waals surface area contributed by atoms with Crippen LogP contribution >= 0.6 is 11.6 Å². The van der Waals surface area contributed by atoms with Crippen LogP contribution < -0.4 is 4.74 Å². The summed E-state index contributed by atoms with van der Waals surface area (Å²) in [6, 6.07) is 22.2. The molecule has 1 aliphatic heterocycles. The lowest BCUT2D eigenvalue weighted by atomic mass is 9.88. The third-order valence-corrected chi connectivity index (χ3v) is 5.88. The number of nitrogens with zero attached hydrogens (tertiary/aromatic N) is 1. The fraction of sp³-hybridized carbons (Fsp3) is 0.259. The largest absolute Gasteiger partial charge is 0.482 e. The lowest BCUT2D eigenvalue weighted by Gasteiger charge is -2.37. The molecule has 6 nitrogen and oxygen atoms in total. The smallest absolute Gasteiger partial charge is 0.410 e. The third kappa shape index (κ3) is 5.51. The highest BCUT2D eigenvalue weighted by molar-refractivity contribution is 6.30. The molecule has 0 unspecified atom stereocenters. The number of ether oxygens (including phenoxy) is 3. The van der Waals surface area contributed by atoms with Crippen LogP contribution in [-0.2, 0) is 27.3 Å². The van der Waals surface area contributed by atoms with Gasteiger partial charge in [-0.1, -0.05) is 66.2 Å². The van der Waals surface area contributed by atoms with Crippen LogP contribution in [0.4, 0.5) is 4.79 Å². The molecule has 0 aromatic heterocycles. The molecule has 3 aromatic rings. The highest BCUT2D eigenvalue weighted by Gasteiger charge is 2.35. The molecule has 0 radical (unpaired) electrons. The van der Waals surface area contributed by atoms with Crippen molar-refractivity contribution in [2.24, 2.45) is 0 Å². The van der Waals surface area contributed by atoms with E-state index < -0.39 is 18.1 Å². The summed E-state index contributed by atoms with van der Waals surface area (Å²) in [4.78, 5) is 26.9. The van der Waals surface area contributed by atoms with Gasteiger partial charge in [-0.2, -0.15) is 0 Å². The third-order valence-electron chi connectivity index (χ3n) is 5.64. The molecule has 1 aliphatic rings. The van der Waals surface area contributed by atoms with Gasteiger partial charge in [0.25, 0.3) is 0 Å². The van der Waals surface area contributed by atoms with Gasteiger partial charge in [-0.15, -0.1) is 0 Å². The van der Waals surface area contributed by atoms with E-state index in [1.165, 1.54) is 0 Å². The number of carbonyl (C=O) groups is 2. The molecule has 176 valence electrons. The zero-order valence-electron chi connectivity index (χ0n) is 18.9. The Balaban J connectivity index is 1.66. The molecule has 3 aromatic carbocycles. The van der Waals surface area contributed by atoms with Crippen molar-refractivity contribution in [1.82, 2.24) is 4.90 Å². The molecule has 0 aliphatic carbocycles. The molecule has 4 rings (SSSR count). The minimum absolute atomic E-state index is 0.173. The van der Waals surface area contributed by atoms with Crippen molar-refractivity contribution in [3.63, 3.8) is 0 Å². The van der Waals surface area contributed by atoms with Crippen molar-refractivity contribution < 1.29 is 23.8 Å². The summed E-state index contributed by atoms with van der Waals surface area (Å²) < 4.78 is 16.5. The molecule has 0 spiro atoms. The maximum atomic E-state index is 13.3. The molecule has 0 saturated heterocycles. The summed E-state index contributed by atoms with van der Waals surface area (Å²) >= 11 is 6.36. The van der Waals surface area contributed by atoms with Gasteiger partial charge >= 0.3 is 12.1 Å². The molecule has 1 amide bonds. The first-order valence-corrected chi connectivity index (χ1v) is 11.6. The maximum Gasteiger partial charge on any atom is 0.410 e. The van der Waals surface area contributed by atoms with Crippen LogP contribution in [0.15, 0.2) is 72.8 Å². The minimum atomic E-state index is -0.482. The molecule has 0 fully saturated rings. The lowest BCUT2D eigenvalue weighted by Crippen LogP contribution is -2.41. The fourth-order valence-corrected chi connectivity index (χ4v) is 4.29. The number of esters is 1. The summed E-state index contributed by atoms with van der Waals surface area (Å²) in [7, 11) is 0. The quantitative estimate of drug-likeness (QED) is 0.415. The van der Waals surface area contributed by atoms with E-state index in [2.05, 4.69) is 6.07 Å². The van der Waals surface area contributed by atoms with E-state index in [9.17, 15) is 9.59 Å². The Bertz CT molecular complexity index is 1150. The van der Waals surface area contributed by atoms with Crippen LogP contribution in [0.3, 0.4) is 0 Å². The van der Waals surface area contributed by atoms with Gasteiger partial charge in [0.15, 0.2) is 6.61 Å². The number of rotatable bonds is 7. The van der Waals surface area contributed by atoms with E-state index in [1.54, 1.807) is 30.0 Å². The first-order valence-electron chi connectivity index (χ1n) is 11.2. The van der Waals surface area contributed by atoms with E-state index in [0.717, 1.165) is 16.7 Å². The van der Waals surface area contributed by atoms with Crippen LogP contribution in [0, 0.1) is 0 Å². The van der Waals surface area contributed by atoms with Crippen molar-refractivity contribution in [3.8, 4) is 5.75 Å². The molecule has 7 heteroatoms. The zero-order valence-corrected chi connectivity index (χ0v) is 19.7. The minimum Gasteiger partial charge on any atom is -0.482 e. The van der Waals surface area contributed by atoms with Gasteiger partial charge < -0.3 is 14.2 Å². The number of hydrogen-bond acceptors (Lipinski definition) is 5. The normalized spacial score (nSPS) is 14.8. The molecular weight excluding hydrogens is 454 g/mol. The number of carbonyl (C=O) groups excluding carboxylic acids is 2. The summed E-state index contributed by atoms with van der Waals surface area (Å²) in [6.07, 6.45) is 0.270. The van der Waals surface area contributed by atoms with Gasteiger partial charge in [-0.3, -0.25) is 4.90 Å². The Morgan fingerprint density at radius 2 is 1.74 bits per heavy atom. The van der Waals surface area contributed by atoms with E-state index in [1.807, 2.05) is 48.5 Å². The van der Waals surface area contributed by atoms with E-state index >= 15 is 0 Å². The zero-order chi connectivity index (χ0) is 23.9. The average molecular weight is 480 g/mol. The Morgan fingerprint density at radius 1 is 0.971 bits per heavy atom. The second kappa shape index (κ2) is 11.1. The molecule has 0 saturated carbocycles. The van der Waals surface area contributed by atoms with Gasteiger partial charge in [0.1, 0.15) is 12.4 Å². The SMILES string of the molecule is CCOC(=O)COc1ccc(Cl)cc1[C@@H]1c2ccccc2CCN1C(=O)OCc1ccccc1. The van der Waals surface area contributed by atoms with Gasteiger partial charge in [-0.25, -0.2) is 9.59 Å². The Kier molecular flexibility index (Phi) is 7.70. The van der Waals surface area contributed by atoms with E-state index in [4.69, 9.17) is 25.8 Å². The van der Waals surface area contributed by atoms with Crippen LogP contribution in [-0.4, -0.2) is 36.7 Å². The topological polar surface area (TPSA) is 65.1 Å². The van der Waals surface area contributed by atoms with Crippen molar-refractivity contribution in [1.29, 1.82) is 0 Å². The lowest BCUT2D eigenvalue weighted by molar-refractivity contribution is -0.145. The monoisotopic (exact) mass is 479 g/mol. The Hall–Kier alpha value is -3.51. The molecule has 0 N–H and O–H groups in total. The predicted molar refractivity (Wildman–Crippen MR) is 129 cm³/mol. The fourth-order valence-electron chi connectivity index (χ4n) is 4.10. The first-order chi connectivity index (χ1) is 16.6. The maximum absolute atomic E-state index is 13.3. The molecular formula is C27H26ClNO5. The standard InChI is InChI=1S/C27H26ClNO5/c1-2-32-25(30)18-33-24-13-12-21(28)16-23(24)26-22-11-7-6-10-20(22)14-15-29(26)27(31)34-17-19-8-4-3-5-9-19/h3-13,16,26H,2,14-15,17-18H2,1H3/t26-/m0/s1. The van der Waals surface area contributed by atoms with Crippen molar-refractivity contribution in [2.45, 2.75) is 26.0 Å². The van der Waals surface area contributed by atoms with Crippen LogP contribution in [0.1, 0.15) is 35.2 Å². The van der Waals surface area contributed by atoms with E-state index in [-0.39, 0.29) is 19.8 Å². The number of halogens is 1. The van der Waals surface area contributed by atoms with Crippen LogP contribution in [0.25, 0.3) is 0 Å². The average Bonchev–Trinajstić information content (AvgIpc) is 2.86. The predicted octanol–water partition coefficient (Wildman–Crippen LogP) is 5.57. The second-order valence-electron chi connectivity index (χ2n) is 7.86. The first kappa shape index (κ1) is 23.6. The van der Waals surface area contributed by atoms with Gasteiger partial charge in [-0.05, 0) is 48.2 Å². The van der Waals surface area contributed by atoms with Crippen LogP contribution in [0.2, 0.25) is 5.02 Å². The summed E-state index contributed by atoms with van der Waals surface area (Å²) in [6.45, 7) is 2.41. The summed E-state index contributed by atoms with van der Waals surface area (Å²) in [5.74, 6) is -0.00779. The highest BCUT2D eigenvalue weighted by Crippen LogP contribution is 2.40. The number of fused-ring (bicyclic) bond motifs is 1. The number of amides is 1. The summed E-state index contributed by atoms with van der Waals surface area (Å²) in [5.41, 5.74) is 3.69. The van der Waals surface area contributed by atoms with Crippen LogP contribution in [0.5, 0.6) is 5.75 Å². The summed E-state index contributed by atoms with van der Waals surface area (Å²) in [5, 5.41) is 0.499. The molecule has 34 heavy (non-hydrogen) atoms. The Labute approximate surface area is 204 Å². The Morgan fingerprint density at radius 3 is 2.53 bits per heavy atom. The highest BCUT2D eigenvalue weighted by atomic mass is 35.5. The van der Waals surface area contributed by atoms with Crippen molar-refractivity contribution in [3.05, 3.63) is 100 Å². The number of hydrogen-bond donors (Lipinski definition) is 0. The molecule has 1 atom stereocenters.